The molecule has 0 heterocycles. The van der Waals surface area contributed by atoms with Crippen LogP contribution in [-0.4, -0.2) is 24.5 Å². The molecule has 0 aliphatic carbocycles. The molecule has 4 atom stereocenters. The molecule has 0 saturated heterocycles. The fourth-order valence-electron chi connectivity index (χ4n) is 4.25. The third-order valence-corrected chi connectivity index (χ3v) is 5.45. The van der Waals surface area contributed by atoms with E-state index in [4.69, 9.17) is 14.2 Å². The zero-order valence-corrected chi connectivity index (χ0v) is 21.6. The van der Waals surface area contributed by atoms with Gasteiger partial charge in [-0.25, -0.2) is 4.79 Å². The van der Waals surface area contributed by atoms with E-state index in [1.165, 1.54) is 0 Å². The lowest BCUT2D eigenvalue weighted by atomic mass is 9.83. The number of ether oxygens (including phenoxy) is 3. The van der Waals surface area contributed by atoms with Gasteiger partial charge in [-0.2, -0.15) is 0 Å². The van der Waals surface area contributed by atoms with Crippen molar-refractivity contribution < 1.29 is 19.0 Å². The molecule has 1 aromatic rings. The van der Waals surface area contributed by atoms with Crippen LogP contribution in [0, 0.1) is 23.7 Å². The Morgan fingerprint density at radius 2 is 1.62 bits per heavy atom. The second-order valence-corrected chi connectivity index (χ2v) is 10.7. The van der Waals surface area contributed by atoms with E-state index in [1.807, 2.05) is 45.0 Å². The Balaban J connectivity index is 2.37. The van der Waals surface area contributed by atoms with Gasteiger partial charge < -0.3 is 14.2 Å². The zero-order valence-electron chi connectivity index (χ0n) is 21.6. The lowest BCUT2D eigenvalue weighted by molar-refractivity contribution is -0.148. The van der Waals surface area contributed by atoms with E-state index in [-0.39, 0.29) is 12.1 Å². The Labute approximate surface area is 196 Å². The molecule has 0 radical (unpaired) electrons. The van der Waals surface area contributed by atoms with Gasteiger partial charge in [0.15, 0.2) is 0 Å². The van der Waals surface area contributed by atoms with Gasteiger partial charge in [-0.3, -0.25) is 0 Å². The Bertz CT molecular complexity index is 660. The molecule has 32 heavy (non-hydrogen) atoms. The molecule has 0 fully saturated rings. The Hall–Kier alpha value is -1.65. The first kappa shape index (κ1) is 28.4. The molecule has 1 aromatic carbocycles. The number of benzene rings is 1. The number of carbonyl (C=O) groups is 1. The van der Waals surface area contributed by atoms with Gasteiger partial charge in [-0.15, -0.1) is 0 Å². The van der Waals surface area contributed by atoms with Crippen LogP contribution in [0.3, 0.4) is 0 Å². The summed E-state index contributed by atoms with van der Waals surface area (Å²) in [4.78, 5) is 11.8. The van der Waals surface area contributed by atoms with Gasteiger partial charge >= 0.3 is 5.97 Å². The topological polar surface area (TPSA) is 44.8 Å². The van der Waals surface area contributed by atoms with E-state index < -0.39 is 5.60 Å². The summed E-state index contributed by atoms with van der Waals surface area (Å²) in [5.41, 5.74) is 0.716. The van der Waals surface area contributed by atoms with Crippen molar-refractivity contribution in [2.45, 2.75) is 93.0 Å². The molecule has 0 aliphatic heterocycles. The van der Waals surface area contributed by atoms with Gasteiger partial charge in [0.25, 0.3) is 0 Å². The lowest BCUT2D eigenvalue weighted by Crippen LogP contribution is -2.30. The molecule has 4 nitrogen and oxygen atoms in total. The summed E-state index contributed by atoms with van der Waals surface area (Å²) in [6.45, 7) is 17.8. The van der Waals surface area contributed by atoms with Crippen molar-refractivity contribution in [3.8, 4) is 0 Å². The highest BCUT2D eigenvalue weighted by Crippen LogP contribution is 2.27. The van der Waals surface area contributed by atoms with E-state index in [1.54, 1.807) is 6.08 Å². The highest BCUT2D eigenvalue weighted by molar-refractivity contribution is 5.82. The molecule has 0 unspecified atom stereocenters. The average Bonchev–Trinajstić information content (AvgIpc) is 2.66. The first-order valence-electron chi connectivity index (χ1n) is 12.1. The number of hydrogen-bond acceptors (Lipinski definition) is 4. The molecule has 0 bridgehead atoms. The van der Waals surface area contributed by atoms with Gasteiger partial charge in [0.05, 0.1) is 12.7 Å². The third-order valence-electron chi connectivity index (χ3n) is 5.45. The number of allylic oxidation sites excluding steroid dienone is 1. The lowest BCUT2D eigenvalue weighted by Gasteiger charge is -2.30. The Kier molecular flexibility index (Phi) is 12.9. The molecule has 0 N–H and O–H groups in total. The highest BCUT2D eigenvalue weighted by atomic mass is 16.7. The summed E-state index contributed by atoms with van der Waals surface area (Å²) < 4.78 is 17.2. The molecule has 1 rings (SSSR count). The molecule has 0 aromatic heterocycles. The maximum absolute atomic E-state index is 11.8. The second-order valence-electron chi connectivity index (χ2n) is 10.7. The van der Waals surface area contributed by atoms with Crippen molar-refractivity contribution in [2.24, 2.45) is 23.7 Å². The molecular weight excluding hydrogens is 400 g/mol. The van der Waals surface area contributed by atoms with Crippen LogP contribution in [0.15, 0.2) is 42.5 Å². The van der Waals surface area contributed by atoms with Crippen molar-refractivity contribution in [3.63, 3.8) is 0 Å². The SMILES string of the molecule is CC(C)[C@@H](OCOCc1ccccc1)[C@@H](C)C[C@@H](C)C[C@@H](C)C/C=C/C(=O)OC(C)(C)C. The monoisotopic (exact) mass is 446 g/mol. The van der Waals surface area contributed by atoms with Crippen molar-refractivity contribution in [2.75, 3.05) is 6.79 Å². The van der Waals surface area contributed by atoms with Gasteiger partial charge in [0.1, 0.15) is 12.4 Å². The van der Waals surface area contributed by atoms with Crippen molar-refractivity contribution in [1.82, 2.24) is 0 Å². The summed E-state index contributed by atoms with van der Waals surface area (Å²) in [5, 5.41) is 0. The minimum absolute atomic E-state index is 0.176. The first-order chi connectivity index (χ1) is 15.0. The van der Waals surface area contributed by atoms with E-state index in [0.29, 0.717) is 37.1 Å². The van der Waals surface area contributed by atoms with Crippen molar-refractivity contribution in [3.05, 3.63) is 48.0 Å². The number of esters is 1. The maximum Gasteiger partial charge on any atom is 0.330 e. The fraction of sp³-hybridized carbons (Fsp3) is 0.679. The van der Waals surface area contributed by atoms with Gasteiger partial charge in [0.2, 0.25) is 0 Å². The quantitative estimate of drug-likeness (QED) is 0.131. The molecule has 0 amide bonds. The van der Waals surface area contributed by atoms with Crippen molar-refractivity contribution in [1.29, 1.82) is 0 Å². The molecular formula is C28H46O4. The predicted molar refractivity (Wildman–Crippen MR) is 132 cm³/mol. The predicted octanol–water partition coefficient (Wildman–Crippen LogP) is 7.18. The normalized spacial score (nSPS) is 16.2. The minimum Gasteiger partial charge on any atom is -0.457 e. The number of hydrogen-bond donors (Lipinski definition) is 0. The largest absolute Gasteiger partial charge is 0.457 e. The molecule has 0 saturated carbocycles. The van der Waals surface area contributed by atoms with E-state index >= 15 is 0 Å². The first-order valence-corrected chi connectivity index (χ1v) is 12.1. The second kappa shape index (κ2) is 14.5. The van der Waals surface area contributed by atoms with Crippen LogP contribution < -0.4 is 0 Å². The van der Waals surface area contributed by atoms with Crippen LogP contribution in [0.4, 0.5) is 0 Å². The fourth-order valence-corrected chi connectivity index (χ4v) is 4.25. The Morgan fingerprint density at radius 3 is 2.22 bits per heavy atom. The maximum atomic E-state index is 11.8. The molecule has 0 spiro atoms. The van der Waals surface area contributed by atoms with Crippen LogP contribution in [0.2, 0.25) is 0 Å². The smallest absolute Gasteiger partial charge is 0.330 e. The van der Waals surface area contributed by atoms with E-state index in [0.717, 1.165) is 24.8 Å². The molecule has 4 heteroatoms. The van der Waals surface area contributed by atoms with Gasteiger partial charge in [-0.05, 0) is 69.3 Å². The minimum atomic E-state index is -0.445. The van der Waals surface area contributed by atoms with Gasteiger partial charge in [0, 0.05) is 6.08 Å². The van der Waals surface area contributed by atoms with E-state index in [9.17, 15) is 4.79 Å². The summed E-state index contributed by atoms with van der Waals surface area (Å²) in [5.74, 6) is 1.73. The summed E-state index contributed by atoms with van der Waals surface area (Å²) >= 11 is 0. The number of rotatable bonds is 14. The van der Waals surface area contributed by atoms with Crippen LogP contribution in [-0.2, 0) is 25.6 Å². The molecule has 182 valence electrons. The van der Waals surface area contributed by atoms with Crippen LogP contribution in [0.5, 0.6) is 0 Å². The summed E-state index contributed by atoms with van der Waals surface area (Å²) in [7, 11) is 0. The highest BCUT2D eigenvalue weighted by Gasteiger charge is 2.24. The molecule has 0 aliphatic rings. The standard InChI is InChI=1S/C28H46O4/c1-21(2)27(31-20-30-19-25-14-10-9-11-15-25)24(5)18-23(4)17-22(3)13-12-16-26(29)32-28(6,7)8/h9-12,14-16,21-24,27H,13,17-20H2,1-8H3/b16-12+/t22-,23-,24-,27+/m0/s1. The summed E-state index contributed by atoms with van der Waals surface area (Å²) in [6, 6.07) is 10.2. The average molecular weight is 447 g/mol. The zero-order chi connectivity index (χ0) is 24.1. The van der Waals surface area contributed by atoms with E-state index in [2.05, 4.69) is 46.8 Å². The van der Waals surface area contributed by atoms with Crippen LogP contribution in [0.1, 0.15) is 80.2 Å². The van der Waals surface area contributed by atoms with Crippen molar-refractivity contribution >= 4 is 5.97 Å². The third kappa shape index (κ3) is 13.0. The number of carbonyl (C=O) groups excluding carboxylic acids is 1. The Morgan fingerprint density at radius 1 is 0.969 bits per heavy atom. The summed E-state index contributed by atoms with van der Waals surface area (Å²) in [6.07, 6.45) is 6.80. The van der Waals surface area contributed by atoms with Gasteiger partial charge in [-0.1, -0.05) is 71.0 Å². The van der Waals surface area contributed by atoms with Crippen LogP contribution in [0.25, 0.3) is 0 Å². The van der Waals surface area contributed by atoms with Crippen LogP contribution >= 0.6 is 0 Å².